The molecule has 2 aromatic heterocycles. The Morgan fingerprint density at radius 3 is 2.90 bits per heavy atom. The van der Waals surface area contributed by atoms with E-state index >= 15 is 0 Å². The van der Waals surface area contributed by atoms with E-state index in [2.05, 4.69) is 11.9 Å². The third kappa shape index (κ3) is 4.41. The Balaban J connectivity index is 1.47. The SMILES string of the molecule is CCCOC(=O)c1ccc(CSc2nc3sc4c(c3c(=O)[nH]2)CCC(C)C4)cc1. The molecule has 0 bridgehead atoms. The van der Waals surface area contributed by atoms with E-state index in [0.717, 1.165) is 41.5 Å². The third-order valence-electron chi connectivity index (χ3n) is 5.15. The van der Waals surface area contributed by atoms with Crippen molar-refractivity contribution in [3.63, 3.8) is 0 Å². The van der Waals surface area contributed by atoms with Crippen LogP contribution in [0.5, 0.6) is 0 Å². The van der Waals surface area contributed by atoms with Gasteiger partial charge in [0.1, 0.15) is 4.83 Å². The number of thiophene rings is 1. The minimum atomic E-state index is -0.293. The van der Waals surface area contributed by atoms with E-state index in [4.69, 9.17) is 9.72 Å². The van der Waals surface area contributed by atoms with Gasteiger partial charge in [-0.3, -0.25) is 4.79 Å². The Labute approximate surface area is 177 Å². The number of carbonyl (C=O) groups excluding carboxylic acids is 1. The van der Waals surface area contributed by atoms with Gasteiger partial charge in [0.25, 0.3) is 5.56 Å². The lowest BCUT2D eigenvalue weighted by molar-refractivity contribution is 0.0505. The zero-order valence-electron chi connectivity index (χ0n) is 16.6. The second kappa shape index (κ2) is 8.71. The summed E-state index contributed by atoms with van der Waals surface area (Å²) in [6, 6.07) is 7.39. The number of ether oxygens (including phenoxy) is 1. The van der Waals surface area contributed by atoms with E-state index in [1.807, 2.05) is 19.1 Å². The molecule has 0 saturated carbocycles. The molecule has 1 N–H and O–H groups in total. The number of fused-ring (bicyclic) bond motifs is 3. The Morgan fingerprint density at radius 2 is 2.14 bits per heavy atom. The Morgan fingerprint density at radius 1 is 1.34 bits per heavy atom. The summed E-state index contributed by atoms with van der Waals surface area (Å²) in [5, 5.41) is 1.43. The average Bonchev–Trinajstić information content (AvgIpc) is 3.08. The summed E-state index contributed by atoms with van der Waals surface area (Å²) < 4.78 is 5.15. The zero-order valence-corrected chi connectivity index (χ0v) is 18.3. The van der Waals surface area contributed by atoms with Crippen LogP contribution in [0.25, 0.3) is 10.2 Å². The number of hydrogen-bond acceptors (Lipinski definition) is 6. The van der Waals surface area contributed by atoms with Crippen LogP contribution in [-0.2, 0) is 23.3 Å². The predicted molar refractivity (Wildman–Crippen MR) is 118 cm³/mol. The molecule has 1 aromatic carbocycles. The van der Waals surface area contributed by atoms with Crippen molar-refractivity contribution in [1.29, 1.82) is 0 Å². The van der Waals surface area contributed by atoms with E-state index < -0.39 is 0 Å². The molecule has 7 heteroatoms. The zero-order chi connectivity index (χ0) is 20.4. The maximum Gasteiger partial charge on any atom is 0.338 e. The molecule has 5 nitrogen and oxygen atoms in total. The lowest BCUT2D eigenvalue weighted by atomic mass is 9.89. The monoisotopic (exact) mass is 428 g/mol. The number of aromatic nitrogens is 2. The van der Waals surface area contributed by atoms with Crippen LogP contribution in [0, 0.1) is 5.92 Å². The molecule has 1 atom stereocenters. The number of esters is 1. The molecule has 0 radical (unpaired) electrons. The number of benzene rings is 1. The molecule has 29 heavy (non-hydrogen) atoms. The smallest absolute Gasteiger partial charge is 0.338 e. The van der Waals surface area contributed by atoms with E-state index in [1.54, 1.807) is 23.5 Å². The van der Waals surface area contributed by atoms with Crippen LogP contribution in [0.15, 0.2) is 34.2 Å². The molecule has 4 rings (SSSR count). The van der Waals surface area contributed by atoms with E-state index in [1.165, 1.54) is 22.2 Å². The summed E-state index contributed by atoms with van der Waals surface area (Å²) in [6.07, 6.45) is 3.96. The summed E-state index contributed by atoms with van der Waals surface area (Å²) in [5.74, 6) is 1.05. The van der Waals surface area contributed by atoms with Crippen molar-refractivity contribution in [3.05, 3.63) is 56.2 Å². The lowest BCUT2D eigenvalue weighted by Crippen LogP contribution is -2.13. The summed E-state index contributed by atoms with van der Waals surface area (Å²) in [4.78, 5) is 34.4. The number of hydrogen-bond donors (Lipinski definition) is 1. The lowest BCUT2D eigenvalue weighted by Gasteiger charge is -2.17. The first-order chi connectivity index (χ1) is 14.0. The molecule has 1 aliphatic rings. The van der Waals surface area contributed by atoms with Gasteiger partial charge < -0.3 is 9.72 Å². The fraction of sp³-hybridized carbons (Fsp3) is 0.409. The number of H-pyrrole nitrogens is 1. The fourth-order valence-electron chi connectivity index (χ4n) is 3.56. The molecular weight excluding hydrogens is 404 g/mol. The van der Waals surface area contributed by atoms with Crippen LogP contribution in [0.4, 0.5) is 0 Å². The highest BCUT2D eigenvalue weighted by atomic mass is 32.2. The first-order valence-corrected chi connectivity index (χ1v) is 11.8. The topological polar surface area (TPSA) is 72.0 Å². The van der Waals surface area contributed by atoms with Gasteiger partial charge in [0.05, 0.1) is 17.6 Å². The van der Waals surface area contributed by atoms with Crippen molar-refractivity contribution in [2.24, 2.45) is 5.92 Å². The average molecular weight is 429 g/mol. The minimum Gasteiger partial charge on any atom is -0.462 e. The van der Waals surface area contributed by atoms with Gasteiger partial charge >= 0.3 is 5.97 Å². The number of rotatable bonds is 6. The second-order valence-electron chi connectivity index (χ2n) is 7.52. The van der Waals surface area contributed by atoms with E-state index in [-0.39, 0.29) is 11.5 Å². The molecule has 0 spiro atoms. The molecule has 1 unspecified atom stereocenters. The highest BCUT2D eigenvalue weighted by Crippen LogP contribution is 2.36. The Kier molecular flexibility index (Phi) is 6.06. The molecule has 0 amide bonds. The standard InChI is InChI=1S/C22H24N2O3S2/c1-3-10-27-21(26)15-7-5-14(6-8-15)12-28-22-23-19(25)18-16-9-4-13(2)11-17(16)29-20(18)24-22/h5-8,13H,3-4,9-12H2,1-2H3,(H,23,24,25). The van der Waals surface area contributed by atoms with Gasteiger partial charge in [-0.1, -0.05) is 37.7 Å². The molecule has 152 valence electrons. The summed E-state index contributed by atoms with van der Waals surface area (Å²) in [7, 11) is 0. The maximum absolute atomic E-state index is 12.7. The summed E-state index contributed by atoms with van der Waals surface area (Å²) >= 11 is 3.17. The van der Waals surface area contributed by atoms with Crippen LogP contribution >= 0.6 is 23.1 Å². The molecule has 0 saturated heterocycles. The summed E-state index contributed by atoms with van der Waals surface area (Å²) in [6.45, 7) is 4.67. The number of thioether (sulfide) groups is 1. The van der Waals surface area contributed by atoms with Gasteiger partial charge in [-0.05, 0) is 54.9 Å². The Bertz CT molecular complexity index is 1090. The molecule has 1 aliphatic carbocycles. The fourth-order valence-corrected chi connectivity index (χ4v) is 5.82. The molecule has 0 fully saturated rings. The van der Waals surface area contributed by atoms with Gasteiger partial charge in [0.2, 0.25) is 0 Å². The van der Waals surface area contributed by atoms with Crippen molar-refractivity contribution in [2.75, 3.05) is 6.61 Å². The number of nitrogens with zero attached hydrogens (tertiary/aromatic N) is 1. The first kappa shape index (κ1) is 20.2. The van der Waals surface area contributed by atoms with E-state index in [9.17, 15) is 9.59 Å². The van der Waals surface area contributed by atoms with Crippen LogP contribution in [0.1, 0.15) is 53.1 Å². The minimum absolute atomic E-state index is 0.0291. The van der Waals surface area contributed by atoms with Gasteiger partial charge in [0, 0.05) is 10.6 Å². The van der Waals surface area contributed by atoms with Gasteiger partial charge in [-0.2, -0.15) is 0 Å². The highest BCUT2D eigenvalue weighted by Gasteiger charge is 2.23. The first-order valence-electron chi connectivity index (χ1n) is 9.98. The maximum atomic E-state index is 12.7. The van der Waals surface area contributed by atoms with Crippen molar-refractivity contribution in [2.45, 2.75) is 50.4 Å². The van der Waals surface area contributed by atoms with E-state index in [0.29, 0.717) is 29.0 Å². The molecule has 2 heterocycles. The van der Waals surface area contributed by atoms with Crippen molar-refractivity contribution < 1.29 is 9.53 Å². The second-order valence-corrected chi connectivity index (χ2v) is 9.57. The van der Waals surface area contributed by atoms with Crippen LogP contribution in [-0.4, -0.2) is 22.5 Å². The van der Waals surface area contributed by atoms with Crippen LogP contribution in [0.2, 0.25) is 0 Å². The number of aryl methyl sites for hydroxylation is 1. The van der Waals surface area contributed by atoms with Crippen molar-refractivity contribution in [1.82, 2.24) is 9.97 Å². The van der Waals surface area contributed by atoms with Gasteiger partial charge in [0.15, 0.2) is 5.16 Å². The van der Waals surface area contributed by atoms with Crippen molar-refractivity contribution >= 4 is 39.3 Å². The normalized spacial score (nSPS) is 16.0. The molecule has 3 aromatic rings. The molecular formula is C22H24N2O3S2. The highest BCUT2D eigenvalue weighted by molar-refractivity contribution is 7.98. The number of nitrogens with one attached hydrogen (secondary N) is 1. The predicted octanol–water partition coefficient (Wildman–Crippen LogP) is 4.97. The largest absolute Gasteiger partial charge is 0.462 e. The molecule has 0 aliphatic heterocycles. The van der Waals surface area contributed by atoms with Gasteiger partial charge in [-0.15, -0.1) is 11.3 Å². The summed E-state index contributed by atoms with van der Waals surface area (Å²) in [5.41, 5.74) is 2.79. The van der Waals surface area contributed by atoms with Crippen LogP contribution < -0.4 is 5.56 Å². The van der Waals surface area contributed by atoms with Crippen LogP contribution in [0.3, 0.4) is 0 Å². The Hall–Kier alpha value is -2.12. The van der Waals surface area contributed by atoms with Crippen molar-refractivity contribution in [3.8, 4) is 0 Å². The number of carbonyl (C=O) groups is 1. The number of aromatic amines is 1. The third-order valence-corrected chi connectivity index (χ3v) is 7.24. The quantitative estimate of drug-likeness (QED) is 0.341. The van der Waals surface area contributed by atoms with Gasteiger partial charge in [-0.25, -0.2) is 9.78 Å².